The smallest absolute Gasteiger partial charge is 0.277 e. The second-order valence-electron chi connectivity index (χ2n) is 5.89. The number of fused-ring (bicyclic) bond motifs is 1. The maximum absolute atomic E-state index is 12.6. The SMILES string of the molecule is CCNC(=O)c1cc(Nc2nc3ccn(-c4cnn(C)c4)c3c(=O)[nH]2)cs1. The van der Waals surface area contributed by atoms with E-state index in [0.29, 0.717) is 34.1 Å². The standard InChI is InChI=1S/C17H17N7O2S/c1-3-18-15(25)13-6-10(9-27-13)20-17-21-12-4-5-24(14(12)16(26)22-17)11-7-19-23(2)8-11/h4-9H,3H2,1-2H3,(H,18,25)(H2,20,21,22,26). The van der Waals surface area contributed by atoms with E-state index < -0.39 is 0 Å². The molecule has 0 aliphatic carbocycles. The Labute approximate surface area is 157 Å². The monoisotopic (exact) mass is 383 g/mol. The summed E-state index contributed by atoms with van der Waals surface area (Å²) in [6, 6.07) is 3.50. The molecular weight excluding hydrogens is 366 g/mol. The molecule has 4 aromatic heterocycles. The molecule has 10 heteroatoms. The maximum atomic E-state index is 12.6. The van der Waals surface area contributed by atoms with Crippen LogP contribution in [0.4, 0.5) is 11.6 Å². The number of nitrogens with zero attached hydrogens (tertiary/aromatic N) is 4. The first kappa shape index (κ1) is 17.0. The number of rotatable bonds is 5. The fraction of sp³-hybridized carbons (Fsp3) is 0.176. The number of aromatic nitrogens is 5. The number of carbonyl (C=O) groups is 1. The molecule has 0 aliphatic heterocycles. The fourth-order valence-corrected chi connectivity index (χ4v) is 3.52. The van der Waals surface area contributed by atoms with Gasteiger partial charge in [-0.2, -0.15) is 5.10 Å². The third-order valence-electron chi connectivity index (χ3n) is 3.94. The molecular formula is C17H17N7O2S. The molecule has 0 aromatic carbocycles. The summed E-state index contributed by atoms with van der Waals surface area (Å²) in [4.78, 5) is 32.3. The van der Waals surface area contributed by atoms with Gasteiger partial charge in [0.1, 0.15) is 5.52 Å². The quantitative estimate of drug-likeness (QED) is 0.488. The maximum Gasteiger partial charge on any atom is 0.277 e. The number of aromatic amines is 1. The van der Waals surface area contributed by atoms with Gasteiger partial charge >= 0.3 is 0 Å². The van der Waals surface area contributed by atoms with Gasteiger partial charge in [0, 0.05) is 31.4 Å². The molecule has 27 heavy (non-hydrogen) atoms. The van der Waals surface area contributed by atoms with Crippen LogP contribution in [0.5, 0.6) is 0 Å². The van der Waals surface area contributed by atoms with Crippen LogP contribution < -0.4 is 16.2 Å². The summed E-state index contributed by atoms with van der Waals surface area (Å²) >= 11 is 1.32. The molecule has 0 fully saturated rings. The summed E-state index contributed by atoms with van der Waals surface area (Å²) in [5.74, 6) is 0.192. The first-order valence-corrected chi connectivity index (χ1v) is 9.17. The van der Waals surface area contributed by atoms with Crippen molar-refractivity contribution in [2.45, 2.75) is 6.92 Å². The lowest BCUT2D eigenvalue weighted by Crippen LogP contribution is -2.21. The number of aryl methyl sites for hydroxylation is 1. The number of nitrogens with one attached hydrogen (secondary N) is 3. The van der Waals surface area contributed by atoms with Crippen molar-refractivity contribution in [1.82, 2.24) is 29.6 Å². The number of carbonyl (C=O) groups excluding carboxylic acids is 1. The molecule has 3 N–H and O–H groups in total. The Kier molecular flexibility index (Phi) is 4.24. The Balaban J connectivity index is 1.65. The van der Waals surface area contributed by atoms with Crippen molar-refractivity contribution in [2.24, 2.45) is 7.05 Å². The number of anilines is 2. The number of thiophene rings is 1. The number of amides is 1. The molecule has 4 heterocycles. The van der Waals surface area contributed by atoms with Gasteiger partial charge in [0.25, 0.3) is 11.5 Å². The predicted molar refractivity (Wildman–Crippen MR) is 104 cm³/mol. The zero-order valence-corrected chi connectivity index (χ0v) is 15.5. The predicted octanol–water partition coefficient (Wildman–Crippen LogP) is 2.00. The summed E-state index contributed by atoms with van der Waals surface area (Å²) in [7, 11) is 1.82. The molecule has 0 atom stereocenters. The third-order valence-corrected chi connectivity index (χ3v) is 4.87. The first-order valence-electron chi connectivity index (χ1n) is 8.29. The van der Waals surface area contributed by atoms with Crippen LogP contribution in [0, 0.1) is 0 Å². The molecule has 0 aliphatic rings. The van der Waals surface area contributed by atoms with E-state index in [1.807, 2.05) is 20.2 Å². The molecule has 4 aromatic rings. The Morgan fingerprint density at radius 3 is 3.00 bits per heavy atom. The van der Waals surface area contributed by atoms with Crippen LogP contribution in [-0.2, 0) is 7.05 Å². The van der Waals surface area contributed by atoms with Crippen LogP contribution in [0.3, 0.4) is 0 Å². The van der Waals surface area contributed by atoms with E-state index in [0.717, 1.165) is 5.69 Å². The number of H-pyrrole nitrogens is 1. The van der Waals surface area contributed by atoms with Gasteiger partial charge in [-0.05, 0) is 19.1 Å². The van der Waals surface area contributed by atoms with Crippen molar-refractivity contribution in [2.75, 3.05) is 11.9 Å². The largest absolute Gasteiger partial charge is 0.352 e. The van der Waals surface area contributed by atoms with Crippen molar-refractivity contribution in [1.29, 1.82) is 0 Å². The average molecular weight is 383 g/mol. The second kappa shape index (κ2) is 6.72. The minimum atomic E-state index is -0.268. The van der Waals surface area contributed by atoms with Gasteiger partial charge < -0.3 is 15.2 Å². The Morgan fingerprint density at radius 1 is 1.41 bits per heavy atom. The van der Waals surface area contributed by atoms with E-state index in [9.17, 15) is 9.59 Å². The zero-order chi connectivity index (χ0) is 19.0. The Morgan fingerprint density at radius 2 is 2.26 bits per heavy atom. The van der Waals surface area contributed by atoms with Gasteiger partial charge in [-0.3, -0.25) is 19.3 Å². The highest BCUT2D eigenvalue weighted by Gasteiger charge is 2.13. The molecule has 0 saturated carbocycles. The molecule has 0 saturated heterocycles. The molecule has 1 amide bonds. The number of hydrogen-bond acceptors (Lipinski definition) is 6. The van der Waals surface area contributed by atoms with Crippen LogP contribution in [0.2, 0.25) is 0 Å². The van der Waals surface area contributed by atoms with Crippen molar-refractivity contribution in [3.63, 3.8) is 0 Å². The van der Waals surface area contributed by atoms with Crippen LogP contribution in [0.25, 0.3) is 16.7 Å². The molecule has 9 nitrogen and oxygen atoms in total. The van der Waals surface area contributed by atoms with Gasteiger partial charge in [0.05, 0.1) is 28.0 Å². The van der Waals surface area contributed by atoms with Crippen molar-refractivity contribution in [3.8, 4) is 5.69 Å². The summed E-state index contributed by atoms with van der Waals surface area (Å²) in [6.07, 6.45) is 5.28. The summed E-state index contributed by atoms with van der Waals surface area (Å²) in [5, 5.41) is 11.7. The van der Waals surface area contributed by atoms with Gasteiger partial charge in [-0.15, -0.1) is 11.3 Å². The van der Waals surface area contributed by atoms with Crippen molar-refractivity contribution < 1.29 is 4.79 Å². The lowest BCUT2D eigenvalue weighted by atomic mass is 10.4. The van der Waals surface area contributed by atoms with Crippen LogP contribution in [0.15, 0.2) is 40.9 Å². The third kappa shape index (κ3) is 3.22. The molecule has 138 valence electrons. The topological polar surface area (TPSA) is 110 Å². The van der Waals surface area contributed by atoms with Crippen LogP contribution >= 0.6 is 11.3 Å². The normalized spacial score (nSPS) is 11.0. The van der Waals surface area contributed by atoms with Crippen molar-refractivity contribution >= 4 is 39.9 Å². The molecule has 4 rings (SSSR count). The van der Waals surface area contributed by atoms with Gasteiger partial charge in [0.2, 0.25) is 5.95 Å². The van der Waals surface area contributed by atoms with Gasteiger partial charge in [-0.1, -0.05) is 0 Å². The van der Waals surface area contributed by atoms with Crippen LogP contribution in [0.1, 0.15) is 16.6 Å². The van der Waals surface area contributed by atoms with E-state index in [1.165, 1.54) is 11.3 Å². The fourth-order valence-electron chi connectivity index (χ4n) is 2.77. The average Bonchev–Trinajstić information content (AvgIpc) is 3.34. The summed E-state index contributed by atoms with van der Waals surface area (Å²) in [5.41, 5.74) is 2.21. The van der Waals surface area contributed by atoms with E-state index in [4.69, 9.17) is 0 Å². The van der Waals surface area contributed by atoms with Crippen molar-refractivity contribution in [3.05, 3.63) is 51.3 Å². The zero-order valence-electron chi connectivity index (χ0n) is 14.7. The number of hydrogen-bond donors (Lipinski definition) is 3. The summed E-state index contributed by atoms with van der Waals surface area (Å²) < 4.78 is 3.41. The second-order valence-corrected chi connectivity index (χ2v) is 6.80. The van der Waals surface area contributed by atoms with Crippen LogP contribution in [-0.4, -0.2) is 36.8 Å². The molecule has 0 spiro atoms. The molecule has 0 bridgehead atoms. The lowest BCUT2D eigenvalue weighted by molar-refractivity contribution is 0.0960. The highest BCUT2D eigenvalue weighted by Crippen LogP contribution is 2.22. The molecule has 0 unspecified atom stereocenters. The Hall–Kier alpha value is -3.40. The minimum absolute atomic E-state index is 0.124. The Bertz CT molecular complexity index is 1180. The van der Waals surface area contributed by atoms with E-state index in [2.05, 4.69) is 25.7 Å². The highest BCUT2D eigenvalue weighted by atomic mass is 32.1. The minimum Gasteiger partial charge on any atom is -0.352 e. The van der Waals surface area contributed by atoms with E-state index in [1.54, 1.807) is 39.2 Å². The van der Waals surface area contributed by atoms with E-state index >= 15 is 0 Å². The lowest BCUT2D eigenvalue weighted by Gasteiger charge is -2.04. The first-order chi connectivity index (χ1) is 13.0. The van der Waals surface area contributed by atoms with Gasteiger partial charge in [0.15, 0.2) is 0 Å². The van der Waals surface area contributed by atoms with E-state index in [-0.39, 0.29) is 11.5 Å². The molecule has 0 radical (unpaired) electrons. The van der Waals surface area contributed by atoms with Gasteiger partial charge in [-0.25, -0.2) is 4.98 Å². The summed E-state index contributed by atoms with van der Waals surface area (Å²) in [6.45, 7) is 2.44. The highest BCUT2D eigenvalue weighted by molar-refractivity contribution is 7.12.